The van der Waals surface area contributed by atoms with E-state index in [0.717, 1.165) is 31.3 Å². The number of carbonyl (C=O) groups excluding carboxylic acids is 1. The number of nitrogens with one attached hydrogen (secondary N) is 1. The Kier molecular flexibility index (Phi) is 3.83. The van der Waals surface area contributed by atoms with Gasteiger partial charge in [0.15, 0.2) is 0 Å². The molecule has 2 saturated carbocycles. The van der Waals surface area contributed by atoms with Gasteiger partial charge >= 0.3 is 6.03 Å². The number of rotatable bonds is 4. The highest BCUT2D eigenvalue weighted by molar-refractivity contribution is 5.74. The molecule has 1 N–H and O–H groups in total. The van der Waals surface area contributed by atoms with E-state index >= 15 is 0 Å². The summed E-state index contributed by atoms with van der Waals surface area (Å²) in [5.41, 5.74) is 0. The molecule has 2 unspecified atom stereocenters. The Morgan fingerprint density at radius 2 is 1.59 bits per heavy atom. The monoisotopic (exact) mass is 305 g/mol. The van der Waals surface area contributed by atoms with Gasteiger partial charge in [-0.3, -0.25) is 4.90 Å². The topological polar surface area (TPSA) is 35.6 Å². The molecule has 2 heterocycles. The van der Waals surface area contributed by atoms with Gasteiger partial charge in [0.1, 0.15) is 0 Å². The molecule has 4 heteroatoms. The second-order valence-electron chi connectivity index (χ2n) is 8.31. The van der Waals surface area contributed by atoms with E-state index in [4.69, 9.17) is 0 Å². The fourth-order valence-corrected chi connectivity index (χ4v) is 4.90. The lowest BCUT2D eigenvalue weighted by molar-refractivity contribution is 0.146. The van der Waals surface area contributed by atoms with E-state index in [2.05, 4.69) is 29.0 Å². The van der Waals surface area contributed by atoms with Crippen molar-refractivity contribution >= 4 is 6.03 Å². The van der Waals surface area contributed by atoms with Crippen LogP contribution in [0, 0.1) is 11.8 Å². The van der Waals surface area contributed by atoms with E-state index in [-0.39, 0.29) is 6.03 Å². The van der Waals surface area contributed by atoms with Crippen LogP contribution in [0.2, 0.25) is 0 Å². The standard InChI is InChI=1S/C18H31N3O/c1-12(2)21-15-7-8-16(21)11-20(10-9-15)18(22)19-17(13-3-4-13)14-5-6-14/h12-17H,3-11H2,1-2H3,(H,19,22). The highest BCUT2D eigenvalue weighted by Crippen LogP contribution is 2.44. The maximum Gasteiger partial charge on any atom is 0.317 e. The number of likely N-dealkylation sites (tertiary alicyclic amines) is 1. The molecule has 0 aromatic heterocycles. The molecule has 0 aromatic rings. The van der Waals surface area contributed by atoms with Crippen LogP contribution in [0.1, 0.15) is 58.8 Å². The molecule has 4 rings (SSSR count). The molecule has 4 fully saturated rings. The van der Waals surface area contributed by atoms with E-state index in [9.17, 15) is 4.79 Å². The maximum absolute atomic E-state index is 12.8. The summed E-state index contributed by atoms with van der Waals surface area (Å²) in [6.07, 6.45) is 9.05. The Bertz CT molecular complexity index is 418. The van der Waals surface area contributed by atoms with Crippen molar-refractivity contribution in [1.82, 2.24) is 15.1 Å². The summed E-state index contributed by atoms with van der Waals surface area (Å²) in [4.78, 5) is 17.6. The van der Waals surface area contributed by atoms with Crippen molar-refractivity contribution in [2.45, 2.75) is 83.0 Å². The predicted molar refractivity (Wildman–Crippen MR) is 87.7 cm³/mol. The largest absolute Gasteiger partial charge is 0.335 e. The molecule has 0 spiro atoms. The summed E-state index contributed by atoms with van der Waals surface area (Å²) in [5, 5.41) is 3.41. The highest BCUT2D eigenvalue weighted by atomic mass is 16.2. The van der Waals surface area contributed by atoms with E-state index in [0.29, 0.717) is 24.2 Å². The van der Waals surface area contributed by atoms with E-state index in [1.54, 1.807) is 0 Å². The first kappa shape index (κ1) is 14.8. The fourth-order valence-electron chi connectivity index (χ4n) is 4.90. The van der Waals surface area contributed by atoms with Gasteiger partial charge in [-0.2, -0.15) is 0 Å². The van der Waals surface area contributed by atoms with Crippen LogP contribution in [-0.2, 0) is 0 Å². The summed E-state index contributed by atoms with van der Waals surface area (Å²) in [5.74, 6) is 1.57. The Balaban J connectivity index is 1.39. The number of urea groups is 1. The zero-order valence-corrected chi connectivity index (χ0v) is 14.1. The number of nitrogens with zero attached hydrogens (tertiary/aromatic N) is 2. The lowest BCUT2D eigenvalue weighted by Crippen LogP contribution is -2.50. The Morgan fingerprint density at radius 1 is 0.955 bits per heavy atom. The van der Waals surface area contributed by atoms with Crippen LogP contribution >= 0.6 is 0 Å². The number of amides is 2. The molecule has 0 radical (unpaired) electrons. The van der Waals surface area contributed by atoms with Crippen molar-refractivity contribution in [3.63, 3.8) is 0 Å². The predicted octanol–water partition coefficient (Wildman–Crippen LogP) is 2.83. The Labute approximate surface area is 134 Å². The lowest BCUT2D eigenvalue weighted by Gasteiger charge is -2.32. The maximum atomic E-state index is 12.8. The number of hydrogen-bond donors (Lipinski definition) is 1. The first-order valence-electron chi connectivity index (χ1n) is 9.46. The van der Waals surface area contributed by atoms with Gasteiger partial charge in [0.05, 0.1) is 0 Å². The minimum atomic E-state index is 0.222. The minimum absolute atomic E-state index is 0.222. The zero-order valence-electron chi connectivity index (χ0n) is 14.1. The van der Waals surface area contributed by atoms with Gasteiger partial charge in [-0.15, -0.1) is 0 Å². The summed E-state index contributed by atoms with van der Waals surface area (Å²) in [6.45, 7) is 6.48. The quantitative estimate of drug-likeness (QED) is 0.867. The van der Waals surface area contributed by atoms with Crippen molar-refractivity contribution in [2.75, 3.05) is 13.1 Å². The van der Waals surface area contributed by atoms with Gasteiger partial charge < -0.3 is 10.2 Å². The third kappa shape index (κ3) is 2.86. The Morgan fingerprint density at radius 3 is 2.18 bits per heavy atom. The van der Waals surface area contributed by atoms with E-state index in [1.807, 2.05) is 0 Å². The van der Waals surface area contributed by atoms with Crippen LogP contribution in [0.15, 0.2) is 0 Å². The second-order valence-corrected chi connectivity index (χ2v) is 8.31. The molecule has 2 amide bonds. The number of carbonyl (C=O) groups is 1. The van der Waals surface area contributed by atoms with Crippen LogP contribution in [0.25, 0.3) is 0 Å². The molecule has 4 aliphatic rings. The number of hydrogen-bond acceptors (Lipinski definition) is 2. The first-order chi connectivity index (χ1) is 10.6. The third-order valence-corrected chi connectivity index (χ3v) is 6.27. The third-order valence-electron chi connectivity index (χ3n) is 6.27. The summed E-state index contributed by atoms with van der Waals surface area (Å²) >= 11 is 0. The van der Waals surface area contributed by atoms with E-state index < -0.39 is 0 Å². The normalized spacial score (nSPS) is 32.6. The molecular formula is C18H31N3O. The summed E-state index contributed by atoms with van der Waals surface area (Å²) in [6, 6.07) is 2.59. The van der Waals surface area contributed by atoms with Crippen LogP contribution in [0.3, 0.4) is 0 Å². The lowest BCUT2D eigenvalue weighted by atomic mass is 10.1. The zero-order chi connectivity index (χ0) is 15.3. The molecule has 2 aliphatic heterocycles. The molecule has 0 aromatic carbocycles. The molecule has 2 atom stereocenters. The number of fused-ring (bicyclic) bond motifs is 2. The SMILES string of the molecule is CC(C)N1C2CCC1CN(C(=O)NC(C1CC1)C1CC1)CC2. The van der Waals surface area contributed by atoms with Crippen LogP contribution < -0.4 is 5.32 Å². The second kappa shape index (κ2) is 5.70. The highest BCUT2D eigenvalue weighted by Gasteiger charge is 2.44. The average molecular weight is 305 g/mol. The van der Waals surface area contributed by atoms with Crippen molar-refractivity contribution in [1.29, 1.82) is 0 Å². The molecular weight excluding hydrogens is 274 g/mol. The van der Waals surface area contributed by atoms with Crippen molar-refractivity contribution in [3.8, 4) is 0 Å². The molecule has 2 aliphatic carbocycles. The van der Waals surface area contributed by atoms with Gasteiger partial charge in [0.2, 0.25) is 0 Å². The molecule has 4 nitrogen and oxygen atoms in total. The van der Waals surface area contributed by atoms with E-state index in [1.165, 1.54) is 38.5 Å². The first-order valence-corrected chi connectivity index (χ1v) is 9.46. The molecule has 22 heavy (non-hydrogen) atoms. The van der Waals surface area contributed by atoms with Gasteiger partial charge in [-0.25, -0.2) is 4.79 Å². The van der Waals surface area contributed by atoms with Gasteiger partial charge in [-0.1, -0.05) is 0 Å². The van der Waals surface area contributed by atoms with Crippen LogP contribution in [0.5, 0.6) is 0 Å². The van der Waals surface area contributed by atoms with Crippen LogP contribution in [0.4, 0.5) is 4.79 Å². The van der Waals surface area contributed by atoms with Gasteiger partial charge in [0.25, 0.3) is 0 Å². The molecule has 124 valence electrons. The Hall–Kier alpha value is -0.770. The van der Waals surface area contributed by atoms with Crippen LogP contribution in [-0.4, -0.2) is 53.1 Å². The average Bonchev–Trinajstić information content (AvgIpc) is 3.34. The van der Waals surface area contributed by atoms with Gasteiger partial charge in [0, 0.05) is 37.3 Å². The molecule has 2 bridgehead atoms. The van der Waals surface area contributed by atoms with Crippen molar-refractivity contribution in [2.24, 2.45) is 11.8 Å². The van der Waals surface area contributed by atoms with Gasteiger partial charge in [-0.05, 0) is 70.6 Å². The summed E-state index contributed by atoms with van der Waals surface area (Å²) in [7, 11) is 0. The molecule has 2 saturated heterocycles. The van der Waals surface area contributed by atoms with Crippen molar-refractivity contribution < 1.29 is 4.79 Å². The fraction of sp³-hybridized carbons (Fsp3) is 0.944. The minimum Gasteiger partial charge on any atom is -0.335 e. The van der Waals surface area contributed by atoms with Crippen molar-refractivity contribution in [3.05, 3.63) is 0 Å². The smallest absolute Gasteiger partial charge is 0.317 e. The summed E-state index contributed by atoms with van der Waals surface area (Å²) < 4.78 is 0.